The third kappa shape index (κ3) is 3.07. The third-order valence-corrected chi connectivity index (χ3v) is 4.65. The van der Waals surface area contributed by atoms with Gasteiger partial charge in [0, 0.05) is 31.3 Å². The van der Waals surface area contributed by atoms with Gasteiger partial charge in [-0.2, -0.15) is 0 Å². The predicted molar refractivity (Wildman–Crippen MR) is 92.6 cm³/mol. The second kappa shape index (κ2) is 6.03. The highest BCUT2D eigenvalue weighted by Gasteiger charge is 2.20. The first-order chi connectivity index (χ1) is 11.3. The highest BCUT2D eigenvalue weighted by molar-refractivity contribution is 5.60. The molecular formula is C19H22N2O2. The molecule has 2 aliphatic rings. The van der Waals surface area contributed by atoms with Crippen LogP contribution < -0.4 is 15.0 Å². The fourth-order valence-corrected chi connectivity index (χ4v) is 3.39. The molecule has 23 heavy (non-hydrogen) atoms. The van der Waals surface area contributed by atoms with Gasteiger partial charge in [-0.3, -0.25) is 0 Å². The lowest BCUT2D eigenvalue weighted by atomic mass is 10.1. The number of nitrogens with zero attached hydrogens (tertiary/aromatic N) is 1. The molecule has 0 aliphatic carbocycles. The summed E-state index contributed by atoms with van der Waals surface area (Å²) >= 11 is 0. The van der Waals surface area contributed by atoms with E-state index in [4.69, 9.17) is 4.74 Å². The molecule has 1 unspecified atom stereocenters. The molecule has 4 rings (SSSR count). The molecule has 0 amide bonds. The fraction of sp³-hybridized carbons (Fsp3) is 0.368. The second-order valence-corrected chi connectivity index (χ2v) is 6.37. The molecule has 1 atom stereocenters. The number of phenolic OH excluding ortho intramolecular Hbond substituents is 1. The van der Waals surface area contributed by atoms with E-state index < -0.39 is 0 Å². The summed E-state index contributed by atoms with van der Waals surface area (Å²) in [6.07, 6.45) is 3.55. The Morgan fingerprint density at radius 2 is 1.87 bits per heavy atom. The van der Waals surface area contributed by atoms with Crippen molar-refractivity contribution >= 4 is 11.4 Å². The molecule has 4 nitrogen and oxygen atoms in total. The van der Waals surface area contributed by atoms with Crippen molar-refractivity contribution in [1.82, 2.24) is 0 Å². The number of fused-ring (bicyclic) bond motifs is 1. The first kappa shape index (κ1) is 14.2. The van der Waals surface area contributed by atoms with Gasteiger partial charge in [0.2, 0.25) is 0 Å². The fourth-order valence-electron chi connectivity index (χ4n) is 3.39. The zero-order valence-corrected chi connectivity index (χ0v) is 13.2. The van der Waals surface area contributed by atoms with Crippen LogP contribution in [0.25, 0.3) is 0 Å². The lowest BCUT2D eigenvalue weighted by Gasteiger charge is -2.27. The van der Waals surface area contributed by atoms with Crippen molar-refractivity contribution < 1.29 is 9.84 Å². The number of phenols is 1. The minimum atomic E-state index is 0.0851. The van der Waals surface area contributed by atoms with E-state index in [-0.39, 0.29) is 11.9 Å². The average Bonchev–Trinajstić information content (AvgIpc) is 3.10. The van der Waals surface area contributed by atoms with Crippen molar-refractivity contribution in [2.45, 2.75) is 25.4 Å². The number of nitrogens with one attached hydrogen (secondary N) is 1. The average molecular weight is 310 g/mol. The molecular weight excluding hydrogens is 288 g/mol. The van der Waals surface area contributed by atoms with Gasteiger partial charge in [-0.05, 0) is 42.7 Å². The molecule has 2 heterocycles. The topological polar surface area (TPSA) is 44.7 Å². The summed E-state index contributed by atoms with van der Waals surface area (Å²) in [6.45, 7) is 3.14. The summed E-state index contributed by atoms with van der Waals surface area (Å²) in [5.41, 5.74) is 3.55. The first-order valence-corrected chi connectivity index (χ1v) is 8.35. The molecule has 0 saturated carbocycles. The van der Waals surface area contributed by atoms with Gasteiger partial charge in [-0.1, -0.05) is 12.1 Å². The van der Waals surface area contributed by atoms with Crippen molar-refractivity contribution in [3.05, 3.63) is 48.0 Å². The van der Waals surface area contributed by atoms with Gasteiger partial charge in [0.25, 0.3) is 0 Å². The molecule has 0 radical (unpaired) electrons. The molecule has 1 saturated heterocycles. The van der Waals surface area contributed by atoms with Crippen molar-refractivity contribution in [1.29, 1.82) is 0 Å². The van der Waals surface area contributed by atoms with E-state index in [1.165, 1.54) is 37.2 Å². The minimum absolute atomic E-state index is 0.0851. The number of hydrogen-bond donors (Lipinski definition) is 2. The number of rotatable bonds is 3. The van der Waals surface area contributed by atoms with Crippen LogP contribution in [0.5, 0.6) is 11.5 Å². The molecule has 0 spiro atoms. The Morgan fingerprint density at radius 1 is 1.09 bits per heavy atom. The Hall–Kier alpha value is -2.36. The van der Waals surface area contributed by atoms with Gasteiger partial charge in [-0.25, -0.2) is 0 Å². The van der Waals surface area contributed by atoms with E-state index in [2.05, 4.69) is 34.5 Å². The zero-order valence-electron chi connectivity index (χ0n) is 13.2. The monoisotopic (exact) mass is 310 g/mol. The van der Waals surface area contributed by atoms with Gasteiger partial charge in [-0.15, -0.1) is 0 Å². The van der Waals surface area contributed by atoms with E-state index in [9.17, 15) is 5.11 Å². The van der Waals surface area contributed by atoms with Gasteiger partial charge in [0.05, 0.1) is 12.2 Å². The predicted octanol–water partition coefficient (Wildman–Crippen LogP) is 3.41. The molecule has 1 fully saturated rings. The molecule has 0 aromatic heterocycles. The molecule has 2 aromatic carbocycles. The Balaban J connectivity index is 1.42. The summed E-state index contributed by atoms with van der Waals surface area (Å²) < 4.78 is 6.01. The maximum absolute atomic E-state index is 9.59. The SMILES string of the molecule is Oc1ccc2c(c1)OC(Cc1ccc(N3CCCC3)cc1)CN2. The van der Waals surface area contributed by atoms with Crippen LogP contribution in [0.2, 0.25) is 0 Å². The standard InChI is InChI=1S/C19H22N2O2/c22-16-7-8-18-19(12-16)23-17(13-20-18)11-14-3-5-15(6-4-14)21-9-1-2-10-21/h3-8,12,17,20,22H,1-2,9-11,13H2. The second-order valence-electron chi connectivity index (χ2n) is 6.37. The van der Waals surface area contributed by atoms with Gasteiger partial charge >= 0.3 is 0 Å². The largest absolute Gasteiger partial charge is 0.508 e. The van der Waals surface area contributed by atoms with Crippen LogP contribution >= 0.6 is 0 Å². The van der Waals surface area contributed by atoms with E-state index in [0.29, 0.717) is 0 Å². The number of hydrogen-bond acceptors (Lipinski definition) is 4. The highest BCUT2D eigenvalue weighted by atomic mass is 16.5. The Morgan fingerprint density at radius 3 is 2.65 bits per heavy atom. The van der Waals surface area contributed by atoms with Crippen molar-refractivity contribution in [2.75, 3.05) is 29.9 Å². The molecule has 4 heteroatoms. The van der Waals surface area contributed by atoms with Crippen LogP contribution in [0.4, 0.5) is 11.4 Å². The van der Waals surface area contributed by atoms with Crippen LogP contribution in [-0.2, 0) is 6.42 Å². The van der Waals surface area contributed by atoms with Crippen molar-refractivity contribution in [2.24, 2.45) is 0 Å². The summed E-state index contributed by atoms with van der Waals surface area (Å²) in [5, 5.41) is 13.0. The van der Waals surface area contributed by atoms with Crippen molar-refractivity contribution in [3.8, 4) is 11.5 Å². The van der Waals surface area contributed by atoms with E-state index in [1.807, 2.05) is 6.07 Å². The maximum Gasteiger partial charge on any atom is 0.146 e. The Kier molecular flexibility index (Phi) is 3.74. The number of ether oxygens (including phenoxy) is 1. The zero-order chi connectivity index (χ0) is 15.6. The number of aromatic hydroxyl groups is 1. The third-order valence-electron chi connectivity index (χ3n) is 4.65. The molecule has 0 bridgehead atoms. The number of anilines is 2. The van der Waals surface area contributed by atoms with E-state index >= 15 is 0 Å². The van der Waals surface area contributed by atoms with Crippen molar-refractivity contribution in [3.63, 3.8) is 0 Å². The van der Waals surface area contributed by atoms with Crippen LogP contribution in [-0.4, -0.2) is 30.8 Å². The molecule has 120 valence electrons. The minimum Gasteiger partial charge on any atom is -0.508 e. The maximum atomic E-state index is 9.59. The van der Waals surface area contributed by atoms with Gasteiger partial charge < -0.3 is 20.1 Å². The quantitative estimate of drug-likeness (QED) is 0.853. The normalized spacial score (nSPS) is 19.8. The lowest BCUT2D eigenvalue weighted by Crippen LogP contribution is -2.32. The lowest BCUT2D eigenvalue weighted by molar-refractivity contribution is 0.205. The Bertz CT molecular complexity index is 678. The molecule has 2 aliphatic heterocycles. The van der Waals surface area contributed by atoms with Crippen LogP contribution in [0.3, 0.4) is 0 Å². The van der Waals surface area contributed by atoms with Gasteiger partial charge in [0.15, 0.2) is 0 Å². The van der Waals surface area contributed by atoms with Crippen LogP contribution in [0.1, 0.15) is 18.4 Å². The summed E-state index contributed by atoms with van der Waals surface area (Å²) in [7, 11) is 0. The summed E-state index contributed by atoms with van der Waals surface area (Å²) in [4.78, 5) is 2.45. The molecule has 2 N–H and O–H groups in total. The van der Waals surface area contributed by atoms with Crippen LogP contribution in [0, 0.1) is 0 Å². The van der Waals surface area contributed by atoms with Gasteiger partial charge in [0.1, 0.15) is 17.6 Å². The van der Waals surface area contributed by atoms with E-state index in [1.54, 1.807) is 12.1 Å². The number of benzene rings is 2. The van der Waals surface area contributed by atoms with E-state index in [0.717, 1.165) is 24.4 Å². The first-order valence-electron chi connectivity index (χ1n) is 8.35. The summed E-state index contributed by atoms with van der Waals surface area (Å²) in [5.74, 6) is 0.969. The summed E-state index contributed by atoms with van der Waals surface area (Å²) in [6, 6.07) is 14.0. The highest BCUT2D eigenvalue weighted by Crippen LogP contribution is 2.33. The molecule has 2 aromatic rings. The Labute approximate surface area is 136 Å². The smallest absolute Gasteiger partial charge is 0.146 e. The van der Waals surface area contributed by atoms with Crippen LogP contribution in [0.15, 0.2) is 42.5 Å².